The fourth-order valence-electron chi connectivity index (χ4n) is 2.03. The number of aromatic nitrogens is 1. The number of pyridine rings is 1. The summed E-state index contributed by atoms with van der Waals surface area (Å²) in [4.78, 5) is 17.7. The minimum absolute atomic E-state index is 0.0561. The van der Waals surface area contributed by atoms with Crippen molar-refractivity contribution in [3.05, 3.63) is 65.5 Å². The molecule has 2 rings (SSSR count). The summed E-state index contributed by atoms with van der Waals surface area (Å²) in [5, 5.41) is 2.92. The third kappa shape index (κ3) is 4.91. The summed E-state index contributed by atoms with van der Waals surface area (Å²) in [6.07, 6.45) is 4.36. The highest BCUT2D eigenvalue weighted by Crippen LogP contribution is 2.06. The van der Waals surface area contributed by atoms with E-state index in [0.717, 1.165) is 17.5 Å². The molecule has 0 spiro atoms. The van der Waals surface area contributed by atoms with Gasteiger partial charge in [-0.1, -0.05) is 35.9 Å². The van der Waals surface area contributed by atoms with E-state index in [9.17, 15) is 4.79 Å². The molecule has 4 nitrogen and oxygen atoms in total. The van der Waals surface area contributed by atoms with Gasteiger partial charge in [0.2, 0.25) is 0 Å². The third-order valence-corrected chi connectivity index (χ3v) is 3.30. The van der Waals surface area contributed by atoms with Gasteiger partial charge in [0.05, 0.1) is 0 Å². The average Bonchev–Trinajstić information content (AvgIpc) is 2.50. The molecule has 2 amide bonds. The van der Waals surface area contributed by atoms with Crippen molar-refractivity contribution in [2.24, 2.45) is 0 Å². The van der Waals surface area contributed by atoms with E-state index in [1.807, 2.05) is 18.3 Å². The number of carbonyl (C=O) groups excluding carboxylic acids is 1. The molecule has 21 heavy (non-hydrogen) atoms. The van der Waals surface area contributed by atoms with Gasteiger partial charge in [0.25, 0.3) is 0 Å². The number of nitrogens with zero attached hydrogens (tertiary/aromatic N) is 2. The molecule has 110 valence electrons. The molecule has 1 heterocycles. The molecule has 0 fully saturated rings. The maximum Gasteiger partial charge on any atom is 0.317 e. The standard InChI is InChI=1S/C17H21N3O/c1-14-5-7-16(8-6-14)13-20(2)17(21)19-11-9-15-4-3-10-18-12-15/h3-8,10,12H,9,11,13H2,1-2H3,(H,19,21). The predicted octanol–water partition coefficient (Wildman–Crippen LogP) is 2.77. The molecule has 1 aromatic carbocycles. The van der Waals surface area contributed by atoms with E-state index in [4.69, 9.17) is 0 Å². The van der Waals surface area contributed by atoms with Crippen molar-refractivity contribution in [1.82, 2.24) is 15.2 Å². The molecule has 0 aliphatic carbocycles. The molecule has 0 aliphatic heterocycles. The smallest absolute Gasteiger partial charge is 0.317 e. The monoisotopic (exact) mass is 283 g/mol. The highest BCUT2D eigenvalue weighted by atomic mass is 16.2. The van der Waals surface area contributed by atoms with Crippen LogP contribution in [0.4, 0.5) is 4.79 Å². The van der Waals surface area contributed by atoms with Crippen LogP contribution in [0.5, 0.6) is 0 Å². The lowest BCUT2D eigenvalue weighted by atomic mass is 10.1. The number of hydrogen-bond donors (Lipinski definition) is 1. The van der Waals surface area contributed by atoms with Crippen LogP contribution in [0.2, 0.25) is 0 Å². The van der Waals surface area contributed by atoms with Gasteiger partial charge in [-0.05, 0) is 30.5 Å². The molecule has 0 saturated carbocycles. The molecule has 1 N–H and O–H groups in total. The largest absolute Gasteiger partial charge is 0.338 e. The Bertz CT molecular complexity index is 566. The van der Waals surface area contributed by atoms with Gasteiger partial charge in [0.15, 0.2) is 0 Å². The van der Waals surface area contributed by atoms with Gasteiger partial charge >= 0.3 is 6.03 Å². The molecule has 0 unspecified atom stereocenters. The van der Waals surface area contributed by atoms with Gasteiger partial charge in [-0.2, -0.15) is 0 Å². The second-order valence-corrected chi connectivity index (χ2v) is 5.18. The Kier molecular flexibility index (Phi) is 5.32. The van der Waals surface area contributed by atoms with Crippen molar-refractivity contribution in [2.75, 3.05) is 13.6 Å². The van der Waals surface area contributed by atoms with Crippen molar-refractivity contribution in [3.63, 3.8) is 0 Å². The molecule has 0 aliphatic rings. The maximum absolute atomic E-state index is 12.0. The van der Waals surface area contributed by atoms with Crippen molar-refractivity contribution in [1.29, 1.82) is 0 Å². The third-order valence-electron chi connectivity index (χ3n) is 3.30. The Morgan fingerprint density at radius 1 is 1.19 bits per heavy atom. The molecule has 0 bridgehead atoms. The van der Waals surface area contributed by atoms with Crippen molar-refractivity contribution in [3.8, 4) is 0 Å². The summed E-state index contributed by atoms with van der Waals surface area (Å²) in [6.45, 7) is 3.28. The van der Waals surface area contributed by atoms with E-state index < -0.39 is 0 Å². The zero-order chi connectivity index (χ0) is 15.1. The van der Waals surface area contributed by atoms with E-state index in [0.29, 0.717) is 13.1 Å². The van der Waals surface area contributed by atoms with E-state index in [1.165, 1.54) is 5.56 Å². The van der Waals surface area contributed by atoms with Gasteiger partial charge in [-0.25, -0.2) is 4.79 Å². The number of amides is 2. The first kappa shape index (κ1) is 15.0. The summed E-state index contributed by atoms with van der Waals surface area (Å²) >= 11 is 0. The fraction of sp³-hybridized carbons (Fsp3) is 0.294. The Morgan fingerprint density at radius 2 is 1.95 bits per heavy atom. The number of hydrogen-bond acceptors (Lipinski definition) is 2. The molecular formula is C17H21N3O. The quantitative estimate of drug-likeness (QED) is 0.917. The molecule has 1 aromatic heterocycles. The minimum atomic E-state index is -0.0561. The van der Waals surface area contributed by atoms with Crippen LogP contribution in [0.15, 0.2) is 48.8 Å². The van der Waals surface area contributed by atoms with Crippen LogP contribution in [-0.4, -0.2) is 29.5 Å². The van der Waals surface area contributed by atoms with Gasteiger partial charge < -0.3 is 10.2 Å². The van der Waals surface area contributed by atoms with Gasteiger partial charge in [0, 0.05) is 32.5 Å². The maximum atomic E-state index is 12.0. The average molecular weight is 283 g/mol. The molecule has 2 aromatic rings. The summed E-state index contributed by atoms with van der Waals surface area (Å²) in [7, 11) is 1.80. The first-order valence-electron chi connectivity index (χ1n) is 7.08. The van der Waals surface area contributed by atoms with E-state index in [1.54, 1.807) is 18.1 Å². The summed E-state index contributed by atoms with van der Waals surface area (Å²) in [5.41, 5.74) is 3.48. The van der Waals surface area contributed by atoms with E-state index in [-0.39, 0.29) is 6.03 Å². The Morgan fingerprint density at radius 3 is 2.62 bits per heavy atom. The predicted molar refractivity (Wildman–Crippen MR) is 84.0 cm³/mol. The van der Waals surface area contributed by atoms with E-state index in [2.05, 4.69) is 41.5 Å². The van der Waals surface area contributed by atoms with Crippen LogP contribution in [0.25, 0.3) is 0 Å². The second-order valence-electron chi connectivity index (χ2n) is 5.18. The summed E-state index contributed by atoms with van der Waals surface area (Å²) in [5.74, 6) is 0. The van der Waals surface area contributed by atoms with Crippen LogP contribution >= 0.6 is 0 Å². The normalized spacial score (nSPS) is 10.2. The highest BCUT2D eigenvalue weighted by molar-refractivity contribution is 5.73. The van der Waals surface area contributed by atoms with Crippen LogP contribution in [0, 0.1) is 6.92 Å². The number of rotatable bonds is 5. The molecule has 0 radical (unpaired) electrons. The molecular weight excluding hydrogens is 262 g/mol. The lowest BCUT2D eigenvalue weighted by Crippen LogP contribution is -2.37. The Labute approximate surface area is 125 Å². The Balaban J connectivity index is 1.76. The van der Waals surface area contributed by atoms with Gasteiger partial charge in [-0.15, -0.1) is 0 Å². The zero-order valence-electron chi connectivity index (χ0n) is 12.5. The number of benzene rings is 1. The molecule has 0 atom stereocenters. The summed E-state index contributed by atoms with van der Waals surface area (Å²) < 4.78 is 0. The van der Waals surface area contributed by atoms with Gasteiger partial charge in [-0.3, -0.25) is 4.98 Å². The van der Waals surface area contributed by atoms with Crippen molar-refractivity contribution >= 4 is 6.03 Å². The number of nitrogens with one attached hydrogen (secondary N) is 1. The zero-order valence-corrected chi connectivity index (χ0v) is 12.5. The number of carbonyl (C=O) groups is 1. The highest BCUT2D eigenvalue weighted by Gasteiger charge is 2.08. The molecule has 4 heteroatoms. The SMILES string of the molecule is Cc1ccc(CN(C)C(=O)NCCc2cccnc2)cc1. The first-order valence-corrected chi connectivity index (χ1v) is 7.08. The minimum Gasteiger partial charge on any atom is -0.338 e. The lowest BCUT2D eigenvalue weighted by molar-refractivity contribution is 0.207. The van der Waals surface area contributed by atoms with Crippen LogP contribution < -0.4 is 5.32 Å². The van der Waals surface area contributed by atoms with Gasteiger partial charge in [0.1, 0.15) is 0 Å². The number of aryl methyl sites for hydroxylation is 1. The lowest BCUT2D eigenvalue weighted by Gasteiger charge is -2.18. The van der Waals surface area contributed by atoms with Crippen LogP contribution in [0.3, 0.4) is 0 Å². The van der Waals surface area contributed by atoms with Crippen LogP contribution in [0.1, 0.15) is 16.7 Å². The summed E-state index contributed by atoms with van der Waals surface area (Å²) in [6, 6.07) is 12.1. The number of urea groups is 1. The second kappa shape index (κ2) is 7.43. The Hall–Kier alpha value is -2.36. The van der Waals surface area contributed by atoms with E-state index >= 15 is 0 Å². The van der Waals surface area contributed by atoms with Crippen molar-refractivity contribution in [2.45, 2.75) is 19.9 Å². The first-order chi connectivity index (χ1) is 10.1. The molecule has 0 saturated heterocycles. The topological polar surface area (TPSA) is 45.2 Å². The van der Waals surface area contributed by atoms with Crippen LogP contribution in [-0.2, 0) is 13.0 Å². The van der Waals surface area contributed by atoms with Crippen molar-refractivity contribution < 1.29 is 4.79 Å². The fourth-order valence-corrected chi connectivity index (χ4v) is 2.03.